The van der Waals surface area contributed by atoms with E-state index in [0.717, 1.165) is 18.5 Å². The van der Waals surface area contributed by atoms with Crippen LogP contribution in [-0.4, -0.2) is 28.5 Å². The smallest absolute Gasteiger partial charge is 0.265 e. The molecule has 0 aliphatic heterocycles. The van der Waals surface area contributed by atoms with Crippen LogP contribution in [0.25, 0.3) is 0 Å². The second-order valence-corrected chi connectivity index (χ2v) is 4.75. The summed E-state index contributed by atoms with van der Waals surface area (Å²) in [5.41, 5.74) is 2.01. The number of carbonyl (C=O) groups excluding carboxylic acids is 1. The van der Waals surface area contributed by atoms with Crippen LogP contribution in [0.15, 0.2) is 34.1 Å². The second-order valence-electron chi connectivity index (χ2n) is 4.75. The molecule has 0 unspecified atom stereocenters. The Balaban J connectivity index is 1.57. The predicted molar refractivity (Wildman–Crippen MR) is 74.8 cm³/mol. The van der Waals surface area contributed by atoms with E-state index in [1.54, 1.807) is 12.1 Å². The molecule has 0 saturated carbocycles. The first kappa shape index (κ1) is 14.2. The first-order valence-electron chi connectivity index (χ1n) is 6.79. The average Bonchev–Trinajstić information content (AvgIpc) is 2.99. The van der Waals surface area contributed by atoms with Gasteiger partial charge in [-0.15, -0.1) is 0 Å². The van der Waals surface area contributed by atoms with Gasteiger partial charge in [0.2, 0.25) is 0 Å². The maximum atomic E-state index is 13.4. The summed E-state index contributed by atoms with van der Waals surface area (Å²) in [5.74, 6) is -1.00. The number of aryl methyl sites for hydroxylation is 1. The summed E-state index contributed by atoms with van der Waals surface area (Å²) in [4.78, 5) is 16.7. The molecule has 0 atom stereocenters. The van der Waals surface area contributed by atoms with Crippen molar-refractivity contribution in [2.24, 2.45) is 5.16 Å². The molecule has 1 aliphatic rings. The lowest BCUT2D eigenvalue weighted by molar-refractivity contribution is -0.120. The number of amides is 1. The number of hydrogen-bond donors (Lipinski definition) is 1. The monoisotopic (exact) mass is 304 g/mol. The number of rotatable bonds is 4. The third-order valence-electron chi connectivity index (χ3n) is 3.18. The zero-order chi connectivity index (χ0) is 15.4. The van der Waals surface area contributed by atoms with E-state index in [1.807, 2.05) is 0 Å². The highest BCUT2D eigenvalue weighted by Crippen LogP contribution is 2.18. The minimum atomic E-state index is -0.507. The summed E-state index contributed by atoms with van der Waals surface area (Å²) in [6, 6.07) is 5.90. The molecule has 1 N–H and O–H groups in total. The number of para-hydroxylation sites is 1. The molecule has 0 saturated heterocycles. The van der Waals surface area contributed by atoms with Crippen molar-refractivity contribution in [1.29, 1.82) is 0 Å². The number of hydrogen-bond acceptors (Lipinski definition) is 6. The Kier molecular flexibility index (Phi) is 4.08. The van der Waals surface area contributed by atoms with Gasteiger partial charge in [0, 0.05) is 0 Å². The van der Waals surface area contributed by atoms with E-state index in [2.05, 4.69) is 25.4 Å². The van der Waals surface area contributed by atoms with Crippen molar-refractivity contribution in [3.8, 4) is 0 Å². The first-order valence-corrected chi connectivity index (χ1v) is 6.79. The molecule has 0 fully saturated rings. The summed E-state index contributed by atoms with van der Waals surface area (Å²) in [7, 11) is 0. The minimum absolute atomic E-state index is 0.101. The van der Waals surface area contributed by atoms with Crippen LogP contribution in [-0.2, 0) is 16.1 Å². The second kappa shape index (κ2) is 6.33. The molecular weight excluding hydrogens is 291 g/mol. The summed E-state index contributed by atoms with van der Waals surface area (Å²) in [6.07, 6.45) is 2.33. The number of carbonyl (C=O) groups is 1. The quantitative estimate of drug-likeness (QED) is 0.871. The summed E-state index contributed by atoms with van der Waals surface area (Å²) < 4.78 is 18.0. The number of oxime groups is 1. The van der Waals surface area contributed by atoms with Crippen LogP contribution in [0.1, 0.15) is 24.2 Å². The Labute approximate surface area is 125 Å². The van der Waals surface area contributed by atoms with Gasteiger partial charge in [0.15, 0.2) is 12.3 Å². The lowest BCUT2D eigenvalue weighted by atomic mass is 9.99. The van der Waals surface area contributed by atoms with Crippen molar-refractivity contribution in [1.82, 2.24) is 10.3 Å². The van der Waals surface area contributed by atoms with E-state index < -0.39 is 11.7 Å². The van der Waals surface area contributed by atoms with Crippen LogP contribution in [0.5, 0.6) is 0 Å². The lowest BCUT2D eigenvalue weighted by Gasteiger charge is -2.09. The largest absolute Gasteiger partial charge is 0.385 e. The number of halogens is 1. The molecule has 114 valence electrons. The van der Waals surface area contributed by atoms with Crippen LogP contribution in [0.4, 0.5) is 10.1 Å². The van der Waals surface area contributed by atoms with Crippen LogP contribution >= 0.6 is 0 Å². The molecule has 0 radical (unpaired) electrons. The molecule has 1 aromatic carbocycles. The van der Waals surface area contributed by atoms with Gasteiger partial charge in [-0.2, -0.15) is 0 Å². The highest BCUT2D eigenvalue weighted by Gasteiger charge is 2.21. The Hall–Kier alpha value is -2.77. The van der Waals surface area contributed by atoms with Gasteiger partial charge in [-0.25, -0.2) is 9.02 Å². The topological polar surface area (TPSA) is 89.6 Å². The summed E-state index contributed by atoms with van der Waals surface area (Å²) >= 11 is 0. The fourth-order valence-corrected chi connectivity index (χ4v) is 2.14. The van der Waals surface area contributed by atoms with Crippen molar-refractivity contribution in [2.45, 2.75) is 19.3 Å². The standard InChI is InChI=1S/C14H13FN4O3/c15-9-4-1-2-5-10(9)16-13(20)8-21-17-11-6-3-7-12-14(11)19-22-18-12/h1-2,4-5H,3,6-8H2,(H,16,20)/b17-11-. The predicted octanol–water partition coefficient (Wildman–Crippen LogP) is 1.90. The highest BCUT2D eigenvalue weighted by atomic mass is 19.1. The van der Waals surface area contributed by atoms with E-state index >= 15 is 0 Å². The van der Waals surface area contributed by atoms with Crippen molar-refractivity contribution in [2.75, 3.05) is 11.9 Å². The third kappa shape index (κ3) is 3.11. The Morgan fingerprint density at radius 1 is 1.36 bits per heavy atom. The van der Waals surface area contributed by atoms with Gasteiger partial charge in [-0.1, -0.05) is 22.4 Å². The molecule has 2 aromatic rings. The molecule has 22 heavy (non-hydrogen) atoms. The van der Waals surface area contributed by atoms with Crippen LogP contribution in [0.3, 0.4) is 0 Å². The molecule has 1 aliphatic carbocycles. The van der Waals surface area contributed by atoms with Crippen molar-refractivity contribution < 1.29 is 18.7 Å². The Morgan fingerprint density at radius 2 is 2.23 bits per heavy atom. The van der Waals surface area contributed by atoms with E-state index in [0.29, 0.717) is 17.8 Å². The fraction of sp³-hybridized carbons (Fsp3) is 0.286. The van der Waals surface area contributed by atoms with E-state index in [1.165, 1.54) is 12.1 Å². The number of nitrogens with zero attached hydrogens (tertiary/aromatic N) is 3. The lowest BCUT2D eigenvalue weighted by Crippen LogP contribution is -2.19. The number of anilines is 1. The van der Waals surface area contributed by atoms with Gasteiger partial charge < -0.3 is 10.2 Å². The molecular formula is C14H13FN4O3. The molecule has 0 spiro atoms. The Bertz CT molecular complexity index is 714. The van der Waals surface area contributed by atoms with Crippen LogP contribution in [0, 0.1) is 5.82 Å². The van der Waals surface area contributed by atoms with Gasteiger partial charge in [-0.05, 0) is 36.6 Å². The number of aromatic nitrogens is 2. The summed E-state index contributed by atoms with van der Waals surface area (Å²) in [5, 5.41) is 13.8. The molecule has 1 amide bonds. The van der Waals surface area contributed by atoms with Gasteiger partial charge in [0.25, 0.3) is 5.91 Å². The molecule has 1 aromatic heterocycles. The van der Waals surface area contributed by atoms with E-state index in [-0.39, 0.29) is 12.3 Å². The van der Waals surface area contributed by atoms with Crippen molar-refractivity contribution in [3.05, 3.63) is 41.5 Å². The minimum Gasteiger partial charge on any atom is -0.385 e. The molecule has 0 bridgehead atoms. The SMILES string of the molecule is O=C(CO/N=C1/CCCc2nonc21)Nc1ccccc1F. The van der Waals surface area contributed by atoms with Gasteiger partial charge in [0.05, 0.1) is 5.69 Å². The van der Waals surface area contributed by atoms with E-state index in [4.69, 9.17) is 4.84 Å². The van der Waals surface area contributed by atoms with Crippen molar-refractivity contribution in [3.63, 3.8) is 0 Å². The molecule has 1 heterocycles. The molecule has 3 rings (SSSR count). The first-order chi connectivity index (χ1) is 10.7. The maximum absolute atomic E-state index is 13.4. The van der Waals surface area contributed by atoms with Crippen LogP contribution < -0.4 is 5.32 Å². The average molecular weight is 304 g/mol. The normalized spacial score (nSPS) is 15.4. The number of benzene rings is 1. The molecule has 7 nitrogen and oxygen atoms in total. The maximum Gasteiger partial charge on any atom is 0.265 e. The highest BCUT2D eigenvalue weighted by molar-refractivity contribution is 6.00. The number of fused-ring (bicyclic) bond motifs is 1. The van der Waals surface area contributed by atoms with Crippen molar-refractivity contribution >= 4 is 17.3 Å². The zero-order valence-corrected chi connectivity index (χ0v) is 11.6. The van der Waals surface area contributed by atoms with Gasteiger partial charge in [0.1, 0.15) is 17.2 Å². The zero-order valence-electron chi connectivity index (χ0n) is 11.6. The summed E-state index contributed by atoms with van der Waals surface area (Å²) in [6.45, 7) is -0.321. The van der Waals surface area contributed by atoms with E-state index in [9.17, 15) is 9.18 Å². The van der Waals surface area contributed by atoms with Gasteiger partial charge >= 0.3 is 0 Å². The third-order valence-corrected chi connectivity index (χ3v) is 3.18. The number of nitrogens with one attached hydrogen (secondary N) is 1. The molecule has 8 heteroatoms. The Morgan fingerprint density at radius 3 is 3.09 bits per heavy atom. The van der Waals surface area contributed by atoms with Crippen LogP contribution in [0.2, 0.25) is 0 Å². The van der Waals surface area contributed by atoms with Gasteiger partial charge in [-0.3, -0.25) is 4.79 Å². The fourth-order valence-electron chi connectivity index (χ4n) is 2.14.